The summed E-state index contributed by atoms with van der Waals surface area (Å²) >= 11 is 0. The molecule has 0 aromatic carbocycles. The van der Waals surface area contributed by atoms with Crippen LogP contribution in [0.2, 0.25) is 0 Å². The first kappa shape index (κ1) is 11.8. The summed E-state index contributed by atoms with van der Waals surface area (Å²) in [7, 11) is 0. The van der Waals surface area contributed by atoms with Gasteiger partial charge in [0.2, 0.25) is 0 Å². The molecule has 0 heterocycles. The van der Waals surface area contributed by atoms with Crippen LogP contribution < -0.4 is 5.73 Å². The zero-order valence-corrected chi connectivity index (χ0v) is 7.57. The molecule has 0 saturated carbocycles. The van der Waals surface area contributed by atoms with Crippen molar-refractivity contribution in [2.24, 2.45) is 5.73 Å². The van der Waals surface area contributed by atoms with E-state index >= 15 is 0 Å². The molecular formula is C8H19NO3. The topological polar surface area (TPSA) is 75.7 Å². The van der Waals surface area contributed by atoms with Crippen molar-refractivity contribution in [2.75, 3.05) is 19.8 Å². The molecule has 0 fully saturated rings. The molecule has 12 heavy (non-hydrogen) atoms. The van der Waals surface area contributed by atoms with E-state index in [0.717, 1.165) is 6.42 Å². The smallest absolute Gasteiger partial charge is 0.0639 e. The van der Waals surface area contributed by atoms with Gasteiger partial charge in [-0.15, -0.1) is 0 Å². The van der Waals surface area contributed by atoms with Crippen molar-refractivity contribution < 1.29 is 14.9 Å². The van der Waals surface area contributed by atoms with E-state index in [9.17, 15) is 0 Å². The molecule has 0 amide bonds. The first-order chi connectivity index (χ1) is 5.70. The van der Waals surface area contributed by atoms with Crippen LogP contribution in [0.5, 0.6) is 0 Å². The van der Waals surface area contributed by atoms with E-state index in [0.29, 0.717) is 19.6 Å². The van der Waals surface area contributed by atoms with Crippen LogP contribution >= 0.6 is 0 Å². The predicted molar refractivity (Wildman–Crippen MR) is 46.8 cm³/mol. The Kier molecular flexibility index (Phi) is 7.39. The Labute approximate surface area is 73.3 Å². The molecule has 0 rings (SSSR count). The Balaban J connectivity index is 3.10. The molecule has 0 bridgehead atoms. The Morgan fingerprint density at radius 3 is 2.67 bits per heavy atom. The summed E-state index contributed by atoms with van der Waals surface area (Å²) in [5.74, 6) is 0. The van der Waals surface area contributed by atoms with Crippen LogP contribution in [0.1, 0.15) is 19.8 Å². The Morgan fingerprint density at radius 2 is 2.17 bits per heavy atom. The SMILES string of the molecule is CC[C@@H](O)CCOC[C@@H](N)CO. The molecule has 0 unspecified atom stereocenters. The second kappa shape index (κ2) is 7.49. The molecule has 0 aliphatic carbocycles. The average molecular weight is 177 g/mol. The van der Waals surface area contributed by atoms with Crippen LogP contribution in [0.25, 0.3) is 0 Å². The Bertz CT molecular complexity index is 88.3. The van der Waals surface area contributed by atoms with E-state index in [2.05, 4.69) is 0 Å². The van der Waals surface area contributed by atoms with Crippen molar-refractivity contribution in [1.82, 2.24) is 0 Å². The largest absolute Gasteiger partial charge is 0.395 e. The van der Waals surface area contributed by atoms with Gasteiger partial charge in [0.05, 0.1) is 25.4 Å². The summed E-state index contributed by atoms with van der Waals surface area (Å²) in [6.45, 7) is 2.72. The van der Waals surface area contributed by atoms with Gasteiger partial charge in [0, 0.05) is 6.61 Å². The highest BCUT2D eigenvalue weighted by atomic mass is 16.5. The van der Waals surface area contributed by atoms with Crippen LogP contribution in [-0.2, 0) is 4.74 Å². The number of nitrogens with two attached hydrogens (primary N) is 1. The first-order valence-corrected chi connectivity index (χ1v) is 4.33. The molecule has 4 nitrogen and oxygen atoms in total. The van der Waals surface area contributed by atoms with Gasteiger partial charge in [-0.25, -0.2) is 0 Å². The maximum Gasteiger partial charge on any atom is 0.0639 e. The minimum Gasteiger partial charge on any atom is -0.395 e. The summed E-state index contributed by atoms with van der Waals surface area (Å²) in [4.78, 5) is 0. The zero-order valence-electron chi connectivity index (χ0n) is 7.57. The quantitative estimate of drug-likeness (QED) is 0.457. The van der Waals surface area contributed by atoms with Gasteiger partial charge in [0.15, 0.2) is 0 Å². The maximum atomic E-state index is 9.12. The molecule has 0 spiro atoms. The summed E-state index contributed by atoms with van der Waals surface area (Å²) < 4.78 is 5.11. The van der Waals surface area contributed by atoms with Crippen LogP contribution in [0.15, 0.2) is 0 Å². The molecule has 2 atom stereocenters. The van der Waals surface area contributed by atoms with Gasteiger partial charge < -0.3 is 20.7 Å². The number of ether oxygens (including phenoxy) is 1. The fourth-order valence-corrected chi connectivity index (χ4v) is 0.711. The lowest BCUT2D eigenvalue weighted by atomic mass is 10.2. The lowest BCUT2D eigenvalue weighted by molar-refractivity contribution is 0.0648. The summed E-state index contributed by atoms with van der Waals surface area (Å²) in [6, 6.07) is -0.302. The lowest BCUT2D eigenvalue weighted by Crippen LogP contribution is -2.30. The van der Waals surface area contributed by atoms with Crippen LogP contribution in [0, 0.1) is 0 Å². The number of hydrogen-bond acceptors (Lipinski definition) is 4. The monoisotopic (exact) mass is 177 g/mol. The molecule has 0 aromatic heterocycles. The van der Waals surface area contributed by atoms with Gasteiger partial charge >= 0.3 is 0 Å². The molecule has 0 aliphatic rings. The normalized spacial score (nSPS) is 16.0. The van der Waals surface area contributed by atoms with E-state index in [1.54, 1.807) is 0 Å². The van der Waals surface area contributed by atoms with E-state index in [-0.39, 0.29) is 18.8 Å². The Morgan fingerprint density at radius 1 is 1.50 bits per heavy atom. The van der Waals surface area contributed by atoms with E-state index in [4.69, 9.17) is 20.7 Å². The minimum atomic E-state index is -0.302. The standard InChI is InChI=1S/C8H19NO3/c1-2-8(11)3-4-12-6-7(9)5-10/h7-8,10-11H,2-6,9H2,1H3/t7-,8+/m0/s1. The number of hydrogen-bond donors (Lipinski definition) is 3. The fourth-order valence-electron chi connectivity index (χ4n) is 0.711. The van der Waals surface area contributed by atoms with Crippen molar-refractivity contribution in [3.63, 3.8) is 0 Å². The van der Waals surface area contributed by atoms with Crippen molar-refractivity contribution in [3.8, 4) is 0 Å². The minimum absolute atomic E-state index is 0.0592. The van der Waals surface area contributed by atoms with Gasteiger partial charge in [0.25, 0.3) is 0 Å². The fraction of sp³-hybridized carbons (Fsp3) is 1.00. The molecule has 4 N–H and O–H groups in total. The maximum absolute atomic E-state index is 9.12. The third-order valence-corrected chi connectivity index (χ3v) is 1.63. The summed E-state index contributed by atoms with van der Waals surface area (Å²) in [5, 5.41) is 17.7. The third kappa shape index (κ3) is 6.54. The molecule has 0 aliphatic heterocycles. The number of aliphatic hydroxyl groups is 2. The highest BCUT2D eigenvalue weighted by molar-refractivity contribution is 4.56. The zero-order chi connectivity index (χ0) is 9.40. The predicted octanol–water partition coefficient (Wildman–Crippen LogP) is -0.516. The molecule has 4 heteroatoms. The average Bonchev–Trinajstić information content (AvgIpc) is 2.11. The van der Waals surface area contributed by atoms with Gasteiger partial charge in [-0.2, -0.15) is 0 Å². The van der Waals surface area contributed by atoms with Crippen molar-refractivity contribution in [3.05, 3.63) is 0 Å². The molecule has 74 valence electrons. The second-order valence-electron chi connectivity index (χ2n) is 2.87. The van der Waals surface area contributed by atoms with Crippen molar-refractivity contribution in [2.45, 2.75) is 31.9 Å². The van der Waals surface area contributed by atoms with Gasteiger partial charge in [-0.3, -0.25) is 0 Å². The van der Waals surface area contributed by atoms with E-state index in [1.807, 2.05) is 6.92 Å². The first-order valence-electron chi connectivity index (χ1n) is 4.33. The van der Waals surface area contributed by atoms with E-state index in [1.165, 1.54) is 0 Å². The van der Waals surface area contributed by atoms with Crippen molar-refractivity contribution in [1.29, 1.82) is 0 Å². The number of aliphatic hydroxyl groups excluding tert-OH is 2. The van der Waals surface area contributed by atoms with Gasteiger partial charge in [0.1, 0.15) is 0 Å². The third-order valence-electron chi connectivity index (χ3n) is 1.63. The van der Waals surface area contributed by atoms with Crippen LogP contribution in [-0.4, -0.2) is 42.2 Å². The molecule has 0 saturated heterocycles. The van der Waals surface area contributed by atoms with Crippen LogP contribution in [0.3, 0.4) is 0 Å². The van der Waals surface area contributed by atoms with Crippen molar-refractivity contribution >= 4 is 0 Å². The Hall–Kier alpha value is -0.160. The lowest BCUT2D eigenvalue weighted by Gasteiger charge is -2.10. The highest BCUT2D eigenvalue weighted by Crippen LogP contribution is 1.96. The number of rotatable bonds is 7. The highest BCUT2D eigenvalue weighted by Gasteiger charge is 2.02. The summed E-state index contributed by atoms with van der Waals surface area (Å²) in [5.41, 5.74) is 5.38. The van der Waals surface area contributed by atoms with Crippen LogP contribution in [0.4, 0.5) is 0 Å². The van der Waals surface area contributed by atoms with E-state index < -0.39 is 0 Å². The molecule has 0 aromatic rings. The molecular weight excluding hydrogens is 158 g/mol. The summed E-state index contributed by atoms with van der Waals surface area (Å²) in [6.07, 6.45) is 1.10. The molecule has 0 radical (unpaired) electrons. The van der Waals surface area contributed by atoms with Gasteiger partial charge in [-0.1, -0.05) is 6.92 Å². The van der Waals surface area contributed by atoms with Gasteiger partial charge in [-0.05, 0) is 12.8 Å². The second-order valence-corrected chi connectivity index (χ2v) is 2.87.